The Hall–Kier alpha value is -4.61. The Morgan fingerprint density at radius 1 is 1.07 bits per heavy atom. The number of aromatic nitrogens is 2. The van der Waals surface area contributed by atoms with Crippen LogP contribution in [0.5, 0.6) is 5.75 Å². The number of hydrogen-bond donors (Lipinski definition) is 4. The molecule has 3 rings (SSSR count). The molecule has 2 aromatic carbocycles. The molecule has 0 bridgehead atoms. The Balaban J connectivity index is 1.74. The fourth-order valence-corrected chi connectivity index (χ4v) is 4.57. The van der Waals surface area contributed by atoms with Crippen LogP contribution in [0.15, 0.2) is 47.0 Å². The van der Waals surface area contributed by atoms with Crippen LogP contribution in [0.1, 0.15) is 80.0 Å². The SMILES string of the molecule is Cc1cc(O)cc(C)c1CC(OC(N)=O)C(=O)NC(CCCCNC(=O)OC(C)(C)C)c1nc(Cc2ccccc2)no1. The summed E-state index contributed by atoms with van der Waals surface area (Å²) >= 11 is 0. The van der Waals surface area contributed by atoms with E-state index in [0.717, 1.165) is 22.3 Å². The van der Waals surface area contributed by atoms with Gasteiger partial charge >= 0.3 is 12.2 Å². The fourth-order valence-electron chi connectivity index (χ4n) is 4.57. The highest BCUT2D eigenvalue weighted by Crippen LogP contribution is 2.24. The number of nitrogens with two attached hydrogens (primary N) is 1. The molecular formula is C31H41N5O7. The number of carbonyl (C=O) groups excluding carboxylic acids is 3. The minimum atomic E-state index is -1.25. The number of benzene rings is 2. The standard InChI is InChI=1S/C31H41N5O7/c1-19-15-22(37)16-20(2)23(19)18-25(41-29(32)39)27(38)34-24(13-9-10-14-33-30(40)42-31(3,4)5)28-35-26(36-43-28)17-21-11-7-6-8-12-21/h6-8,11-12,15-16,24-25,37H,9-10,13-14,17-18H2,1-5H3,(H2,32,39)(H,33,40)(H,34,38). The van der Waals surface area contributed by atoms with Gasteiger partial charge in [-0.15, -0.1) is 0 Å². The fraction of sp³-hybridized carbons (Fsp3) is 0.452. The average Bonchev–Trinajstić information content (AvgIpc) is 3.36. The van der Waals surface area contributed by atoms with Crippen molar-refractivity contribution in [2.45, 2.75) is 84.5 Å². The van der Waals surface area contributed by atoms with Crippen LogP contribution in [-0.2, 0) is 27.1 Å². The Morgan fingerprint density at radius 3 is 2.37 bits per heavy atom. The van der Waals surface area contributed by atoms with Crippen molar-refractivity contribution in [3.8, 4) is 5.75 Å². The summed E-state index contributed by atoms with van der Waals surface area (Å²) in [7, 11) is 0. The Morgan fingerprint density at radius 2 is 1.74 bits per heavy atom. The second-order valence-corrected chi connectivity index (χ2v) is 11.4. The van der Waals surface area contributed by atoms with Gasteiger partial charge in [-0.25, -0.2) is 9.59 Å². The first kappa shape index (κ1) is 32.9. The quantitative estimate of drug-likeness (QED) is 0.206. The summed E-state index contributed by atoms with van der Waals surface area (Å²) < 4.78 is 16.0. The first-order valence-corrected chi connectivity index (χ1v) is 14.2. The van der Waals surface area contributed by atoms with Gasteiger partial charge in [-0.05, 0) is 88.3 Å². The van der Waals surface area contributed by atoms with Crippen LogP contribution in [-0.4, -0.2) is 51.6 Å². The summed E-state index contributed by atoms with van der Waals surface area (Å²) in [5.74, 6) is 0.159. The lowest BCUT2D eigenvalue weighted by Crippen LogP contribution is -2.42. The maximum absolute atomic E-state index is 13.5. The van der Waals surface area contributed by atoms with Gasteiger partial charge in [0.1, 0.15) is 17.4 Å². The summed E-state index contributed by atoms with van der Waals surface area (Å²) in [5.41, 5.74) is 7.92. The number of nitrogens with one attached hydrogen (secondary N) is 2. The molecule has 3 amide bonds. The third kappa shape index (κ3) is 11.0. The van der Waals surface area contributed by atoms with Crippen molar-refractivity contribution in [1.29, 1.82) is 0 Å². The lowest BCUT2D eigenvalue weighted by Gasteiger charge is -2.22. The summed E-state index contributed by atoms with van der Waals surface area (Å²) in [4.78, 5) is 41.7. The maximum atomic E-state index is 13.5. The van der Waals surface area contributed by atoms with Gasteiger partial charge in [0.25, 0.3) is 5.91 Å². The molecule has 0 aliphatic heterocycles. The normalized spacial score (nSPS) is 12.7. The molecule has 1 aromatic heterocycles. The van der Waals surface area contributed by atoms with E-state index in [0.29, 0.717) is 38.1 Å². The monoisotopic (exact) mass is 595 g/mol. The van der Waals surface area contributed by atoms with Gasteiger partial charge in [-0.1, -0.05) is 35.5 Å². The number of unbranched alkanes of at least 4 members (excludes halogenated alkanes) is 1. The highest BCUT2D eigenvalue weighted by atomic mass is 16.6. The van der Waals surface area contributed by atoms with Crippen molar-refractivity contribution in [2.24, 2.45) is 5.73 Å². The van der Waals surface area contributed by atoms with Crippen LogP contribution in [0.4, 0.5) is 9.59 Å². The van der Waals surface area contributed by atoms with E-state index in [1.54, 1.807) is 46.8 Å². The van der Waals surface area contributed by atoms with Crippen LogP contribution < -0.4 is 16.4 Å². The predicted molar refractivity (Wildman–Crippen MR) is 158 cm³/mol. The number of phenolic OH excluding ortho intramolecular Hbond substituents is 1. The molecular weight excluding hydrogens is 554 g/mol. The number of rotatable bonds is 13. The molecule has 3 aromatic rings. The van der Waals surface area contributed by atoms with Crippen molar-refractivity contribution in [3.05, 3.63) is 76.4 Å². The summed E-state index contributed by atoms with van der Waals surface area (Å²) in [6, 6.07) is 12.1. The second kappa shape index (κ2) is 15.0. The number of alkyl carbamates (subject to hydrolysis) is 1. The maximum Gasteiger partial charge on any atom is 0.407 e. The Bertz CT molecular complexity index is 1360. The summed E-state index contributed by atoms with van der Waals surface area (Å²) in [5, 5.41) is 19.6. The van der Waals surface area contributed by atoms with Crippen molar-refractivity contribution < 1.29 is 33.5 Å². The van der Waals surface area contributed by atoms with E-state index in [9.17, 15) is 19.5 Å². The summed E-state index contributed by atoms with van der Waals surface area (Å²) in [6.07, 6.45) is -0.802. The molecule has 0 spiro atoms. The highest BCUT2D eigenvalue weighted by Gasteiger charge is 2.29. The van der Waals surface area contributed by atoms with E-state index in [4.69, 9.17) is 19.7 Å². The van der Waals surface area contributed by atoms with E-state index in [1.807, 2.05) is 30.3 Å². The number of primary amides is 1. The first-order valence-electron chi connectivity index (χ1n) is 14.2. The van der Waals surface area contributed by atoms with Gasteiger partial charge in [-0.3, -0.25) is 4.79 Å². The molecule has 0 radical (unpaired) electrons. The lowest BCUT2D eigenvalue weighted by atomic mass is 9.96. The molecule has 0 aliphatic carbocycles. The van der Waals surface area contributed by atoms with Crippen LogP contribution in [0.3, 0.4) is 0 Å². The minimum absolute atomic E-state index is 0.0440. The van der Waals surface area contributed by atoms with Crippen LogP contribution in [0.25, 0.3) is 0 Å². The molecule has 0 saturated carbocycles. The van der Waals surface area contributed by atoms with Gasteiger partial charge < -0.3 is 35.5 Å². The molecule has 0 aliphatic rings. The van der Waals surface area contributed by atoms with Gasteiger partial charge in [0.05, 0.1) is 0 Å². The molecule has 2 unspecified atom stereocenters. The molecule has 1 heterocycles. The molecule has 43 heavy (non-hydrogen) atoms. The second-order valence-electron chi connectivity index (χ2n) is 11.4. The number of aromatic hydroxyl groups is 1. The smallest absolute Gasteiger partial charge is 0.407 e. The van der Waals surface area contributed by atoms with Gasteiger partial charge in [0, 0.05) is 19.4 Å². The number of nitrogens with zero attached hydrogens (tertiary/aromatic N) is 2. The third-order valence-electron chi connectivity index (χ3n) is 6.51. The van der Waals surface area contributed by atoms with Crippen LogP contribution in [0.2, 0.25) is 0 Å². The number of phenols is 1. The zero-order valence-corrected chi connectivity index (χ0v) is 25.3. The number of amides is 3. The molecule has 12 heteroatoms. The zero-order valence-electron chi connectivity index (χ0n) is 25.3. The lowest BCUT2D eigenvalue weighted by molar-refractivity contribution is -0.130. The van der Waals surface area contributed by atoms with E-state index in [-0.39, 0.29) is 18.1 Å². The molecule has 232 valence electrons. The van der Waals surface area contributed by atoms with E-state index in [2.05, 4.69) is 20.8 Å². The van der Waals surface area contributed by atoms with Crippen molar-refractivity contribution in [2.75, 3.05) is 6.54 Å². The first-order chi connectivity index (χ1) is 20.3. The predicted octanol–water partition coefficient (Wildman–Crippen LogP) is 4.54. The topological polar surface area (TPSA) is 179 Å². The van der Waals surface area contributed by atoms with Crippen LogP contribution in [0, 0.1) is 13.8 Å². The largest absolute Gasteiger partial charge is 0.508 e. The number of carbonyl (C=O) groups is 3. The number of aryl methyl sites for hydroxylation is 2. The Labute approximate surface area is 251 Å². The van der Waals surface area contributed by atoms with E-state index >= 15 is 0 Å². The highest BCUT2D eigenvalue weighted by molar-refractivity contribution is 5.84. The average molecular weight is 596 g/mol. The minimum Gasteiger partial charge on any atom is -0.508 e. The molecule has 5 N–H and O–H groups in total. The molecule has 2 atom stereocenters. The van der Waals surface area contributed by atoms with Gasteiger partial charge in [-0.2, -0.15) is 4.98 Å². The number of hydrogen-bond acceptors (Lipinski definition) is 9. The Kier molecular flexibility index (Phi) is 11.5. The molecule has 12 nitrogen and oxygen atoms in total. The van der Waals surface area contributed by atoms with Crippen LogP contribution >= 0.6 is 0 Å². The van der Waals surface area contributed by atoms with E-state index < -0.39 is 35.8 Å². The van der Waals surface area contributed by atoms with E-state index in [1.165, 1.54) is 0 Å². The van der Waals surface area contributed by atoms with Crippen molar-refractivity contribution in [3.63, 3.8) is 0 Å². The molecule has 0 fully saturated rings. The summed E-state index contributed by atoms with van der Waals surface area (Å²) in [6.45, 7) is 9.32. The van der Waals surface area contributed by atoms with Crippen molar-refractivity contribution >= 4 is 18.1 Å². The van der Waals surface area contributed by atoms with Crippen molar-refractivity contribution in [1.82, 2.24) is 20.8 Å². The third-order valence-corrected chi connectivity index (χ3v) is 6.51. The molecule has 0 saturated heterocycles. The number of ether oxygens (including phenoxy) is 2. The van der Waals surface area contributed by atoms with Gasteiger partial charge in [0.15, 0.2) is 11.9 Å². The zero-order chi connectivity index (χ0) is 31.6. The van der Waals surface area contributed by atoms with Gasteiger partial charge in [0.2, 0.25) is 5.89 Å².